The van der Waals surface area contributed by atoms with Gasteiger partial charge in [-0.15, -0.1) is 0 Å². The van der Waals surface area contributed by atoms with E-state index in [-0.39, 0.29) is 5.28 Å². The first-order valence-electron chi connectivity index (χ1n) is 6.42. The Hall–Kier alpha value is -2.48. The largest absolute Gasteiger partial charge is 0.354 e. The lowest BCUT2D eigenvalue weighted by Gasteiger charge is -2.07. The molecule has 0 spiro atoms. The van der Waals surface area contributed by atoms with Crippen LogP contribution in [0.1, 0.15) is 6.42 Å². The van der Waals surface area contributed by atoms with Crippen LogP contribution in [0.15, 0.2) is 37.2 Å². The van der Waals surface area contributed by atoms with Gasteiger partial charge in [0.05, 0.1) is 6.33 Å². The molecule has 3 rings (SSSR count). The Bertz CT molecular complexity index is 679. The minimum Gasteiger partial charge on any atom is -0.354 e. The summed E-state index contributed by atoms with van der Waals surface area (Å²) in [5.74, 6) is 0.822. The van der Waals surface area contributed by atoms with Crippen molar-refractivity contribution in [1.82, 2.24) is 34.3 Å². The van der Waals surface area contributed by atoms with Gasteiger partial charge in [-0.3, -0.25) is 0 Å². The molecular weight excluding hydrogens is 292 g/mol. The third-order valence-corrected chi connectivity index (χ3v) is 2.91. The van der Waals surface area contributed by atoms with Crippen molar-refractivity contribution in [2.45, 2.75) is 13.0 Å². The average molecular weight is 305 g/mol. The van der Waals surface area contributed by atoms with Crippen molar-refractivity contribution in [3.63, 3.8) is 0 Å². The predicted octanol–water partition coefficient (Wildman–Crippen LogP) is 1.41. The SMILES string of the molecule is Clc1nc(NCCCn2ccnc2)nc(-n2cccn2)n1. The smallest absolute Gasteiger partial charge is 0.256 e. The number of halogens is 1. The lowest BCUT2D eigenvalue weighted by Crippen LogP contribution is -2.11. The molecule has 0 aromatic carbocycles. The first kappa shape index (κ1) is 13.5. The summed E-state index contributed by atoms with van der Waals surface area (Å²) in [7, 11) is 0. The van der Waals surface area contributed by atoms with Crippen molar-refractivity contribution in [1.29, 1.82) is 0 Å². The fourth-order valence-corrected chi connectivity index (χ4v) is 1.94. The monoisotopic (exact) mass is 304 g/mol. The third-order valence-electron chi connectivity index (χ3n) is 2.74. The first-order chi connectivity index (χ1) is 10.3. The average Bonchev–Trinajstić information content (AvgIpc) is 3.16. The maximum absolute atomic E-state index is 5.91. The first-order valence-corrected chi connectivity index (χ1v) is 6.80. The van der Waals surface area contributed by atoms with Gasteiger partial charge in [0.2, 0.25) is 11.2 Å². The van der Waals surface area contributed by atoms with Crippen LogP contribution in [0.2, 0.25) is 5.28 Å². The molecule has 9 heteroatoms. The Morgan fingerprint density at radius 1 is 1.14 bits per heavy atom. The molecule has 0 aliphatic carbocycles. The van der Waals surface area contributed by atoms with Crippen LogP contribution in [-0.4, -0.2) is 40.8 Å². The number of aromatic nitrogens is 7. The number of imidazole rings is 1. The van der Waals surface area contributed by atoms with Gasteiger partial charge in [0.15, 0.2) is 0 Å². The molecule has 108 valence electrons. The van der Waals surface area contributed by atoms with E-state index in [1.54, 1.807) is 31.0 Å². The number of rotatable bonds is 6. The minimum absolute atomic E-state index is 0.132. The summed E-state index contributed by atoms with van der Waals surface area (Å²) >= 11 is 5.91. The van der Waals surface area contributed by atoms with Crippen LogP contribution >= 0.6 is 11.6 Å². The lowest BCUT2D eigenvalue weighted by molar-refractivity contribution is 0.658. The molecule has 0 aliphatic rings. The number of anilines is 1. The molecule has 8 nitrogen and oxygen atoms in total. The van der Waals surface area contributed by atoms with Gasteiger partial charge in [0.25, 0.3) is 5.95 Å². The van der Waals surface area contributed by atoms with E-state index in [0.717, 1.165) is 19.5 Å². The molecule has 0 fully saturated rings. The molecule has 0 saturated heterocycles. The second-order valence-corrected chi connectivity index (χ2v) is 4.60. The zero-order chi connectivity index (χ0) is 14.5. The van der Waals surface area contributed by atoms with Gasteiger partial charge in [0, 0.05) is 37.9 Å². The highest BCUT2D eigenvalue weighted by atomic mass is 35.5. The van der Waals surface area contributed by atoms with Crippen LogP contribution < -0.4 is 5.32 Å². The second-order valence-electron chi connectivity index (χ2n) is 4.26. The lowest BCUT2D eigenvalue weighted by atomic mass is 10.4. The standard InChI is InChI=1S/C12H13ClN8/c13-10-17-11(15-3-1-6-20-8-5-14-9-20)19-12(18-10)21-7-2-4-16-21/h2,4-5,7-9H,1,3,6H2,(H,15,17,18,19). The molecule has 0 saturated carbocycles. The van der Waals surface area contributed by atoms with Crippen LogP contribution in [0.4, 0.5) is 5.95 Å². The van der Waals surface area contributed by atoms with E-state index >= 15 is 0 Å². The zero-order valence-electron chi connectivity index (χ0n) is 11.1. The summed E-state index contributed by atoms with van der Waals surface area (Å²) in [5.41, 5.74) is 0. The summed E-state index contributed by atoms with van der Waals surface area (Å²) in [6.07, 6.45) is 9.78. The molecule has 0 amide bonds. The summed E-state index contributed by atoms with van der Waals surface area (Å²) in [6, 6.07) is 1.79. The van der Waals surface area contributed by atoms with E-state index in [1.807, 2.05) is 10.8 Å². The number of hydrogen-bond donors (Lipinski definition) is 1. The van der Waals surface area contributed by atoms with Gasteiger partial charge in [-0.25, -0.2) is 9.67 Å². The van der Waals surface area contributed by atoms with Crippen molar-refractivity contribution in [3.8, 4) is 5.95 Å². The molecule has 0 aliphatic heterocycles. The van der Waals surface area contributed by atoms with Crippen molar-refractivity contribution < 1.29 is 0 Å². The highest BCUT2D eigenvalue weighted by molar-refractivity contribution is 6.28. The Morgan fingerprint density at radius 2 is 2.10 bits per heavy atom. The molecule has 3 aromatic heterocycles. The molecule has 0 bridgehead atoms. The highest BCUT2D eigenvalue weighted by Gasteiger charge is 2.06. The highest BCUT2D eigenvalue weighted by Crippen LogP contribution is 2.08. The van der Waals surface area contributed by atoms with Crippen LogP contribution in [0.3, 0.4) is 0 Å². The molecular formula is C12H13ClN8. The molecule has 3 heterocycles. The fourth-order valence-electron chi connectivity index (χ4n) is 1.79. The van der Waals surface area contributed by atoms with E-state index < -0.39 is 0 Å². The normalized spacial score (nSPS) is 10.7. The van der Waals surface area contributed by atoms with E-state index in [2.05, 4.69) is 30.4 Å². The predicted molar refractivity (Wildman–Crippen MR) is 77.3 cm³/mol. The Morgan fingerprint density at radius 3 is 2.86 bits per heavy atom. The molecule has 0 unspecified atom stereocenters. The topological polar surface area (TPSA) is 86.3 Å². The van der Waals surface area contributed by atoms with Crippen LogP contribution in [0.5, 0.6) is 0 Å². The van der Waals surface area contributed by atoms with Gasteiger partial charge in [-0.2, -0.15) is 20.1 Å². The summed E-state index contributed by atoms with van der Waals surface area (Å²) in [4.78, 5) is 16.4. The van der Waals surface area contributed by atoms with Gasteiger partial charge >= 0.3 is 0 Å². The summed E-state index contributed by atoms with van der Waals surface area (Å²) in [5, 5.41) is 7.33. The fraction of sp³-hybridized carbons (Fsp3) is 0.250. The maximum Gasteiger partial charge on any atom is 0.256 e. The summed E-state index contributed by atoms with van der Waals surface area (Å²) < 4.78 is 3.54. The van der Waals surface area contributed by atoms with Gasteiger partial charge in [0.1, 0.15) is 0 Å². The quantitative estimate of drug-likeness (QED) is 0.693. The van der Waals surface area contributed by atoms with Crippen LogP contribution in [0, 0.1) is 0 Å². The number of nitrogens with one attached hydrogen (secondary N) is 1. The second kappa shape index (κ2) is 6.31. The Labute approximate surface area is 125 Å². The van der Waals surface area contributed by atoms with E-state index in [0.29, 0.717) is 11.9 Å². The molecule has 21 heavy (non-hydrogen) atoms. The zero-order valence-corrected chi connectivity index (χ0v) is 11.8. The van der Waals surface area contributed by atoms with E-state index in [4.69, 9.17) is 11.6 Å². The van der Waals surface area contributed by atoms with Gasteiger partial charge in [-0.1, -0.05) is 0 Å². The number of nitrogens with zero attached hydrogens (tertiary/aromatic N) is 7. The molecule has 0 radical (unpaired) electrons. The molecule has 3 aromatic rings. The number of aryl methyl sites for hydroxylation is 1. The van der Waals surface area contributed by atoms with E-state index in [1.165, 1.54) is 4.68 Å². The molecule has 0 atom stereocenters. The van der Waals surface area contributed by atoms with Crippen molar-refractivity contribution >= 4 is 17.5 Å². The van der Waals surface area contributed by atoms with Crippen molar-refractivity contribution in [2.75, 3.05) is 11.9 Å². The number of hydrogen-bond acceptors (Lipinski definition) is 6. The van der Waals surface area contributed by atoms with Crippen LogP contribution in [0.25, 0.3) is 5.95 Å². The maximum atomic E-state index is 5.91. The summed E-state index contributed by atoms with van der Waals surface area (Å²) in [6.45, 7) is 1.59. The van der Waals surface area contributed by atoms with Crippen molar-refractivity contribution in [2.24, 2.45) is 0 Å². The van der Waals surface area contributed by atoms with Crippen LogP contribution in [-0.2, 0) is 6.54 Å². The Kier molecular flexibility index (Phi) is 4.06. The van der Waals surface area contributed by atoms with E-state index in [9.17, 15) is 0 Å². The minimum atomic E-state index is 0.132. The molecule has 1 N–H and O–H groups in total. The van der Waals surface area contributed by atoms with Gasteiger partial charge < -0.3 is 9.88 Å². The Balaban J connectivity index is 1.60. The van der Waals surface area contributed by atoms with Crippen molar-refractivity contribution in [3.05, 3.63) is 42.5 Å². The third kappa shape index (κ3) is 3.54. The van der Waals surface area contributed by atoms with Gasteiger partial charge in [-0.05, 0) is 24.1 Å².